The largest absolute Gasteiger partial charge is 0.495 e. The summed E-state index contributed by atoms with van der Waals surface area (Å²) in [5, 5.41) is 9.78. The number of para-hydroxylation sites is 2. The third kappa shape index (κ3) is 5.79. The van der Waals surface area contributed by atoms with Crippen molar-refractivity contribution in [1.82, 2.24) is 20.1 Å². The number of ether oxygens (including phenoxy) is 1. The highest BCUT2D eigenvalue weighted by Gasteiger charge is 2.18. The summed E-state index contributed by atoms with van der Waals surface area (Å²) in [5.74, 6) is 0.372. The van der Waals surface area contributed by atoms with Crippen LogP contribution in [0, 0.1) is 0 Å². The number of amides is 2. The Labute approximate surface area is 150 Å². The van der Waals surface area contributed by atoms with Gasteiger partial charge < -0.3 is 15.0 Å². The number of thioether (sulfide) groups is 1. The van der Waals surface area contributed by atoms with Gasteiger partial charge in [0, 0.05) is 6.54 Å². The Balaban J connectivity index is 1.92. The van der Waals surface area contributed by atoms with Gasteiger partial charge in [0.25, 0.3) is 0 Å². The molecule has 0 spiro atoms. The third-order valence-electron chi connectivity index (χ3n) is 3.29. The van der Waals surface area contributed by atoms with Crippen molar-refractivity contribution in [3.05, 3.63) is 30.6 Å². The van der Waals surface area contributed by atoms with Gasteiger partial charge in [-0.1, -0.05) is 30.8 Å². The molecule has 2 rings (SSSR count). The minimum Gasteiger partial charge on any atom is -0.495 e. The van der Waals surface area contributed by atoms with E-state index in [-0.39, 0.29) is 24.1 Å². The summed E-state index contributed by atoms with van der Waals surface area (Å²) in [4.78, 5) is 30.2. The van der Waals surface area contributed by atoms with Gasteiger partial charge in [-0.2, -0.15) is 5.10 Å². The Hall–Kier alpha value is -2.55. The first-order chi connectivity index (χ1) is 12.1. The van der Waals surface area contributed by atoms with E-state index in [0.29, 0.717) is 23.1 Å². The Morgan fingerprint density at radius 1 is 1.36 bits per heavy atom. The molecule has 0 radical (unpaired) electrons. The molecule has 0 atom stereocenters. The molecule has 0 aliphatic carbocycles. The van der Waals surface area contributed by atoms with E-state index in [9.17, 15) is 9.59 Å². The normalized spacial score (nSPS) is 10.3. The lowest BCUT2D eigenvalue weighted by molar-refractivity contribution is -0.132. The summed E-state index contributed by atoms with van der Waals surface area (Å²) in [6, 6.07) is 7.14. The molecule has 0 saturated heterocycles. The Morgan fingerprint density at radius 2 is 2.16 bits per heavy atom. The number of anilines is 1. The van der Waals surface area contributed by atoms with Crippen molar-refractivity contribution >= 4 is 29.3 Å². The van der Waals surface area contributed by atoms with Gasteiger partial charge >= 0.3 is 0 Å². The summed E-state index contributed by atoms with van der Waals surface area (Å²) in [7, 11) is 1.54. The van der Waals surface area contributed by atoms with Gasteiger partial charge in [0.2, 0.25) is 11.8 Å². The van der Waals surface area contributed by atoms with Crippen LogP contribution in [0.5, 0.6) is 5.75 Å². The van der Waals surface area contributed by atoms with Gasteiger partial charge in [0.15, 0.2) is 5.16 Å². The van der Waals surface area contributed by atoms with Gasteiger partial charge in [0.05, 0.1) is 25.1 Å². The van der Waals surface area contributed by atoms with Gasteiger partial charge in [-0.3, -0.25) is 14.7 Å². The average Bonchev–Trinajstić information content (AvgIpc) is 3.13. The average molecular weight is 363 g/mol. The summed E-state index contributed by atoms with van der Waals surface area (Å²) in [5.41, 5.74) is 0.579. The molecule has 2 aromatic rings. The maximum absolute atomic E-state index is 12.4. The van der Waals surface area contributed by atoms with Crippen LogP contribution in [0.15, 0.2) is 35.7 Å². The van der Waals surface area contributed by atoms with Gasteiger partial charge in [-0.15, -0.1) is 0 Å². The van der Waals surface area contributed by atoms with Gasteiger partial charge in [-0.25, -0.2) is 4.98 Å². The lowest BCUT2D eigenvalue weighted by Crippen LogP contribution is -2.39. The molecule has 1 aromatic carbocycles. The number of carbonyl (C=O) groups excluding carboxylic acids is 2. The minimum atomic E-state index is -0.268. The zero-order chi connectivity index (χ0) is 18.1. The summed E-state index contributed by atoms with van der Waals surface area (Å²) >= 11 is 1.25. The van der Waals surface area contributed by atoms with Gasteiger partial charge in [-0.05, 0) is 18.6 Å². The molecule has 2 N–H and O–H groups in total. The van der Waals surface area contributed by atoms with Crippen molar-refractivity contribution in [3.63, 3.8) is 0 Å². The highest BCUT2D eigenvalue weighted by molar-refractivity contribution is 7.99. The maximum atomic E-state index is 12.4. The monoisotopic (exact) mass is 363 g/mol. The molecular formula is C16H21N5O3S. The van der Waals surface area contributed by atoms with Crippen LogP contribution in [0.4, 0.5) is 5.69 Å². The van der Waals surface area contributed by atoms with E-state index < -0.39 is 0 Å². The maximum Gasteiger partial charge on any atom is 0.244 e. The van der Waals surface area contributed by atoms with Gasteiger partial charge in [0.1, 0.15) is 12.1 Å². The number of methoxy groups -OCH3 is 1. The van der Waals surface area contributed by atoms with Crippen molar-refractivity contribution in [2.45, 2.75) is 18.5 Å². The fourth-order valence-electron chi connectivity index (χ4n) is 2.16. The molecule has 2 amide bonds. The fourth-order valence-corrected chi connectivity index (χ4v) is 2.84. The number of benzene rings is 1. The number of aromatic amines is 1. The molecule has 1 aromatic heterocycles. The number of hydrogen-bond acceptors (Lipinski definition) is 6. The second-order valence-electron chi connectivity index (χ2n) is 5.14. The summed E-state index contributed by atoms with van der Waals surface area (Å²) < 4.78 is 5.21. The first-order valence-corrected chi connectivity index (χ1v) is 8.81. The van der Waals surface area contributed by atoms with Crippen LogP contribution in [0.3, 0.4) is 0 Å². The quantitative estimate of drug-likeness (QED) is 0.659. The van der Waals surface area contributed by atoms with E-state index in [4.69, 9.17) is 4.74 Å². The molecule has 0 unspecified atom stereocenters. The smallest absolute Gasteiger partial charge is 0.244 e. The third-order valence-corrected chi connectivity index (χ3v) is 4.15. The van der Waals surface area contributed by atoms with Crippen molar-refractivity contribution in [1.29, 1.82) is 0 Å². The predicted molar refractivity (Wildman–Crippen MR) is 95.6 cm³/mol. The first kappa shape index (κ1) is 18.8. The topological polar surface area (TPSA) is 100 Å². The Kier molecular flexibility index (Phi) is 7.27. The molecule has 1 heterocycles. The van der Waals surface area contributed by atoms with Crippen molar-refractivity contribution < 1.29 is 14.3 Å². The van der Waals surface area contributed by atoms with E-state index in [1.165, 1.54) is 23.0 Å². The minimum absolute atomic E-state index is 0.0122. The van der Waals surface area contributed by atoms with Crippen LogP contribution >= 0.6 is 11.8 Å². The van der Waals surface area contributed by atoms with Crippen LogP contribution in [0.1, 0.15) is 13.3 Å². The van der Waals surface area contributed by atoms with E-state index in [1.807, 2.05) is 13.0 Å². The van der Waals surface area contributed by atoms with Crippen LogP contribution < -0.4 is 10.1 Å². The summed E-state index contributed by atoms with van der Waals surface area (Å²) in [6.45, 7) is 2.46. The standard InChI is InChI=1S/C16H21N5O3S/c1-3-8-21(15(23)10-25-16-17-11-18-20-16)9-14(22)19-12-6-4-5-7-13(12)24-2/h4-7,11H,3,8-10H2,1-2H3,(H,19,22)(H,17,18,20). The lowest BCUT2D eigenvalue weighted by Gasteiger charge is -2.21. The van der Waals surface area contributed by atoms with Crippen LogP contribution in [0.25, 0.3) is 0 Å². The second-order valence-corrected chi connectivity index (χ2v) is 6.11. The molecule has 0 saturated carbocycles. The fraction of sp³-hybridized carbons (Fsp3) is 0.375. The highest BCUT2D eigenvalue weighted by Crippen LogP contribution is 2.22. The molecule has 0 aliphatic rings. The molecule has 25 heavy (non-hydrogen) atoms. The van der Waals surface area contributed by atoms with Crippen LogP contribution in [0.2, 0.25) is 0 Å². The SMILES string of the molecule is CCCN(CC(=O)Nc1ccccc1OC)C(=O)CSc1ncn[nH]1. The number of rotatable bonds is 9. The molecule has 0 fully saturated rings. The Morgan fingerprint density at radius 3 is 2.84 bits per heavy atom. The summed E-state index contributed by atoms with van der Waals surface area (Å²) in [6.07, 6.45) is 2.15. The lowest BCUT2D eigenvalue weighted by atomic mass is 10.3. The molecule has 134 valence electrons. The van der Waals surface area contributed by atoms with Crippen LogP contribution in [-0.2, 0) is 9.59 Å². The molecule has 9 heteroatoms. The van der Waals surface area contributed by atoms with Crippen molar-refractivity contribution in [2.75, 3.05) is 31.3 Å². The molecular weight excluding hydrogens is 342 g/mol. The second kappa shape index (κ2) is 9.67. The number of H-pyrrole nitrogens is 1. The zero-order valence-electron chi connectivity index (χ0n) is 14.2. The van der Waals surface area contributed by atoms with E-state index in [0.717, 1.165) is 6.42 Å². The van der Waals surface area contributed by atoms with E-state index in [1.54, 1.807) is 25.3 Å². The first-order valence-electron chi connectivity index (χ1n) is 7.82. The molecule has 0 aliphatic heterocycles. The number of aromatic nitrogens is 3. The number of nitrogens with zero attached hydrogens (tertiary/aromatic N) is 3. The number of carbonyl (C=O) groups is 2. The van der Waals surface area contributed by atoms with E-state index >= 15 is 0 Å². The highest BCUT2D eigenvalue weighted by atomic mass is 32.2. The van der Waals surface area contributed by atoms with E-state index in [2.05, 4.69) is 20.5 Å². The predicted octanol–water partition coefficient (Wildman–Crippen LogP) is 1.78. The Bertz CT molecular complexity index is 693. The zero-order valence-corrected chi connectivity index (χ0v) is 15.0. The molecule has 8 nitrogen and oxygen atoms in total. The molecule has 0 bridgehead atoms. The van der Waals surface area contributed by atoms with Crippen molar-refractivity contribution in [3.8, 4) is 5.75 Å². The number of nitrogens with one attached hydrogen (secondary N) is 2. The van der Waals surface area contributed by atoms with Crippen LogP contribution in [-0.4, -0.2) is 57.8 Å². The number of hydrogen-bond donors (Lipinski definition) is 2. The van der Waals surface area contributed by atoms with Crippen molar-refractivity contribution in [2.24, 2.45) is 0 Å².